The summed E-state index contributed by atoms with van der Waals surface area (Å²) in [5.41, 5.74) is 0. The molecule has 1 saturated carbocycles. The van der Waals surface area contributed by atoms with Crippen molar-refractivity contribution >= 4 is 12.0 Å². The third kappa shape index (κ3) is 2.90. The lowest BCUT2D eigenvalue weighted by atomic mass is 9.89. The van der Waals surface area contributed by atoms with E-state index in [9.17, 15) is 9.65 Å². The highest BCUT2D eigenvalue weighted by Crippen LogP contribution is 2.34. The molecule has 12 heavy (non-hydrogen) atoms. The molecule has 3 unspecified atom stereocenters. The first-order valence-corrected chi connectivity index (χ1v) is 4.80. The fourth-order valence-corrected chi connectivity index (χ4v) is 2.18. The molecule has 0 aromatic rings. The fraction of sp³-hybridized carbons (Fsp3) is 1.00. The maximum absolute atomic E-state index is 12.8. The molecule has 3 nitrogen and oxygen atoms in total. The molecule has 0 heterocycles. The van der Waals surface area contributed by atoms with Gasteiger partial charge in [0, 0.05) is 17.3 Å². The van der Waals surface area contributed by atoms with Crippen molar-refractivity contribution in [3.05, 3.63) is 0 Å². The predicted octanol–water partition coefficient (Wildman–Crippen LogP) is 1.38. The summed E-state index contributed by atoms with van der Waals surface area (Å²) in [7, 11) is 0. The summed E-state index contributed by atoms with van der Waals surface area (Å²) in [5.74, 6) is 0.386. The van der Waals surface area contributed by atoms with Crippen molar-refractivity contribution < 1.29 is 19.0 Å². The van der Waals surface area contributed by atoms with Gasteiger partial charge in [0.15, 0.2) is 0 Å². The molecule has 0 radical (unpaired) electrons. The van der Waals surface area contributed by atoms with Crippen LogP contribution in [-0.4, -0.2) is 11.4 Å². The van der Waals surface area contributed by atoms with Crippen molar-refractivity contribution in [2.24, 2.45) is 5.92 Å². The molecule has 5 heteroatoms. The first-order valence-electron chi connectivity index (χ1n) is 4.00. The predicted molar refractivity (Wildman–Crippen MR) is 41.5 cm³/mol. The van der Waals surface area contributed by atoms with Crippen molar-refractivity contribution in [2.45, 2.75) is 37.6 Å². The smallest absolute Gasteiger partial charge is 0.101 e. The molecule has 3 atom stereocenters. The van der Waals surface area contributed by atoms with E-state index >= 15 is 0 Å². The van der Waals surface area contributed by atoms with Gasteiger partial charge in [-0.3, -0.25) is 5.04 Å². The van der Waals surface area contributed by atoms with Crippen LogP contribution in [0.1, 0.15) is 26.2 Å². The van der Waals surface area contributed by atoms with Crippen molar-refractivity contribution in [2.75, 3.05) is 0 Å². The molecule has 0 aromatic carbocycles. The molecule has 72 valence electrons. The van der Waals surface area contributed by atoms with Crippen LogP contribution in [-0.2, 0) is 9.37 Å². The zero-order chi connectivity index (χ0) is 8.97. The van der Waals surface area contributed by atoms with Gasteiger partial charge in [-0.15, -0.1) is 0 Å². The summed E-state index contributed by atoms with van der Waals surface area (Å²) in [5, 5.41) is 12.8. The van der Waals surface area contributed by atoms with Gasteiger partial charge in [-0.2, -0.15) is 4.33 Å². The van der Waals surface area contributed by atoms with Crippen LogP contribution < -0.4 is 5.26 Å². The van der Waals surface area contributed by atoms with E-state index in [0.29, 0.717) is 18.8 Å². The third-order valence-corrected chi connectivity index (χ3v) is 3.29. The molecule has 1 aliphatic carbocycles. The van der Waals surface area contributed by atoms with E-state index in [1.165, 1.54) is 0 Å². The summed E-state index contributed by atoms with van der Waals surface area (Å²) in [6.07, 6.45) is 1.17. The Balaban J connectivity index is 2.28. The molecule has 1 aliphatic rings. The van der Waals surface area contributed by atoms with Crippen LogP contribution in [0.15, 0.2) is 0 Å². The summed E-state index contributed by atoms with van der Waals surface area (Å²) < 4.78 is 17.0. The monoisotopic (exact) mass is 195 g/mol. The van der Waals surface area contributed by atoms with E-state index in [4.69, 9.17) is 0 Å². The second-order valence-electron chi connectivity index (χ2n) is 3.16. The van der Waals surface area contributed by atoms with Gasteiger partial charge in [0.25, 0.3) is 0 Å². The maximum Gasteiger partial charge on any atom is 0.101 e. The lowest BCUT2D eigenvalue weighted by Gasteiger charge is -2.29. The van der Waals surface area contributed by atoms with Crippen LogP contribution in [0, 0.1) is 5.92 Å². The second-order valence-corrected chi connectivity index (χ2v) is 4.09. The fourth-order valence-electron chi connectivity index (χ4n) is 1.43. The van der Waals surface area contributed by atoms with Gasteiger partial charge in [0.2, 0.25) is 0 Å². The minimum atomic E-state index is -0.756. The highest BCUT2D eigenvalue weighted by molar-refractivity contribution is 7.95. The van der Waals surface area contributed by atoms with Crippen molar-refractivity contribution in [1.82, 2.24) is 0 Å². The second kappa shape index (κ2) is 5.01. The number of halogens is 1. The first kappa shape index (κ1) is 10.2. The van der Waals surface area contributed by atoms with E-state index in [1.807, 2.05) is 6.92 Å². The minimum Gasteiger partial charge on any atom is -0.691 e. The van der Waals surface area contributed by atoms with E-state index in [1.54, 1.807) is 0 Å². The summed E-state index contributed by atoms with van der Waals surface area (Å²) in [6.45, 7) is 2.03. The molecule has 1 fully saturated rings. The Morgan fingerprint density at radius 3 is 2.92 bits per heavy atom. The molecule has 0 amide bonds. The topological polar surface area (TPSA) is 41.5 Å². The Morgan fingerprint density at radius 2 is 2.25 bits per heavy atom. The average Bonchev–Trinajstić information content (AvgIpc) is 2.07. The number of hydrogen-bond donors (Lipinski definition) is 0. The van der Waals surface area contributed by atoms with E-state index in [2.05, 4.69) is 9.37 Å². The molecule has 1 rings (SSSR count). The van der Waals surface area contributed by atoms with Crippen LogP contribution in [0.5, 0.6) is 0 Å². The Bertz CT molecular complexity index is 136. The number of hydrogen-bond acceptors (Lipinski definition) is 4. The first-order chi connectivity index (χ1) is 5.74. The van der Waals surface area contributed by atoms with Crippen molar-refractivity contribution in [1.29, 1.82) is 0 Å². The van der Waals surface area contributed by atoms with Crippen molar-refractivity contribution in [3.8, 4) is 0 Å². The summed E-state index contributed by atoms with van der Waals surface area (Å²) in [6, 6.07) is 0. The largest absolute Gasteiger partial charge is 0.691 e. The van der Waals surface area contributed by atoms with Gasteiger partial charge in [-0.1, -0.05) is 6.92 Å². The average molecular weight is 195 g/mol. The van der Waals surface area contributed by atoms with E-state index in [-0.39, 0.29) is 5.25 Å². The minimum absolute atomic E-state index is 0.0442. The van der Waals surface area contributed by atoms with Crippen LogP contribution in [0.3, 0.4) is 0 Å². The Kier molecular flexibility index (Phi) is 4.28. The lowest BCUT2D eigenvalue weighted by Crippen LogP contribution is -2.26. The van der Waals surface area contributed by atoms with Crippen LogP contribution in [0.4, 0.5) is 4.39 Å². The van der Waals surface area contributed by atoms with Gasteiger partial charge >= 0.3 is 0 Å². The van der Waals surface area contributed by atoms with Crippen LogP contribution in [0.2, 0.25) is 0 Å². The highest BCUT2D eigenvalue weighted by atomic mass is 32.2. The van der Waals surface area contributed by atoms with Gasteiger partial charge in [-0.25, -0.2) is 4.39 Å². The quantitative estimate of drug-likeness (QED) is 0.387. The molecule has 0 N–H and O–H groups in total. The molecule has 0 aliphatic heterocycles. The van der Waals surface area contributed by atoms with Crippen molar-refractivity contribution in [3.63, 3.8) is 0 Å². The molecule has 0 bridgehead atoms. The zero-order valence-electron chi connectivity index (χ0n) is 6.86. The van der Waals surface area contributed by atoms with Gasteiger partial charge in [0.1, 0.15) is 6.17 Å². The molecule has 0 aromatic heterocycles. The Hall–Kier alpha value is 0.160. The summed E-state index contributed by atoms with van der Waals surface area (Å²) >= 11 is 0.934. The molecule has 0 saturated heterocycles. The molecular formula is C7H12FO3S-. The SMILES string of the molecule is CC1CCC(F)CC1SOO[O-]. The lowest BCUT2D eigenvalue weighted by molar-refractivity contribution is -0.777. The number of rotatable bonds is 3. The zero-order valence-corrected chi connectivity index (χ0v) is 7.68. The highest BCUT2D eigenvalue weighted by Gasteiger charge is 2.28. The number of alkyl halides is 1. The third-order valence-electron chi connectivity index (χ3n) is 2.25. The standard InChI is InChI=1S/C7H13FO3S/c1-5-2-3-6(8)4-7(5)12-11-10-9/h5-7,9H,2-4H2,1H3/p-1. The van der Waals surface area contributed by atoms with Crippen LogP contribution >= 0.6 is 12.0 Å². The van der Waals surface area contributed by atoms with Crippen LogP contribution in [0.25, 0.3) is 0 Å². The maximum atomic E-state index is 12.8. The molecule has 0 spiro atoms. The Labute approximate surface area is 75.3 Å². The van der Waals surface area contributed by atoms with Gasteiger partial charge < -0.3 is 5.26 Å². The van der Waals surface area contributed by atoms with Gasteiger partial charge in [0.05, 0.1) is 0 Å². The Morgan fingerprint density at radius 1 is 1.50 bits per heavy atom. The normalized spacial score (nSPS) is 36.8. The summed E-state index contributed by atoms with van der Waals surface area (Å²) in [4.78, 5) is 0. The van der Waals surface area contributed by atoms with E-state index < -0.39 is 6.17 Å². The molecular weight excluding hydrogens is 183 g/mol. The van der Waals surface area contributed by atoms with E-state index in [0.717, 1.165) is 18.5 Å². The van der Waals surface area contributed by atoms with Gasteiger partial charge in [-0.05, 0) is 25.2 Å².